The summed E-state index contributed by atoms with van der Waals surface area (Å²) < 4.78 is 0. The number of hydrogen-bond donors (Lipinski definition) is 2. The Hall–Kier alpha value is -0.0301. The first kappa shape index (κ1) is 30.0. The van der Waals surface area contributed by atoms with Gasteiger partial charge in [0.05, 0.1) is 15.7 Å². The highest BCUT2D eigenvalue weighted by Crippen LogP contribution is 2.65. The van der Waals surface area contributed by atoms with Crippen LogP contribution in [0.15, 0.2) is 0 Å². The molecule has 0 spiro atoms. The summed E-state index contributed by atoms with van der Waals surface area (Å²) in [7, 11) is 14.1. The van der Waals surface area contributed by atoms with Crippen LogP contribution in [0.1, 0.15) is 120 Å². The molecule has 0 aromatic heterocycles. The van der Waals surface area contributed by atoms with Gasteiger partial charge < -0.3 is 0 Å². The van der Waals surface area contributed by atoms with Crippen LogP contribution >= 0.6 is 0 Å². The molecule has 0 bridgehead atoms. The van der Waals surface area contributed by atoms with E-state index in [1.807, 2.05) is 13.8 Å². The molecule has 1 atom stereocenters. The summed E-state index contributed by atoms with van der Waals surface area (Å²) in [5.74, 6) is 0. The van der Waals surface area contributed by atoms with Crippen LogP contribution in [0, 0.1) is 16.2 Å². The molecular weight excluding hydrogens is 374 g/mol. The SMILES string of the molecule is [B]C([B])(C(C)(CC)CC)C(CC)(CC)C(OO)C(CC)(CC)CC(CC)(CC)OO. The van der Waals surface area contributed by atoms with E-state index in [-0.39, 0.29) is 5.41 Å². The van der Waals surface area contributed by atoms with Crippen molar-refractivity contribution in [2.75, 3.05) is 0 Å². The van der Waals surface area contributed by atoms with Gasteiger partial charge in [-0.3, -0.25) is 10.5 Å². The van der Waals surface area contributed by atoms with Gasteiger partial charge in [-0.15, -0.1) is 0 Å². The predicted molar refractivity (Wildman–Crippen MR) is 128 cm³/mol. The average molecular weight is 422 g/mol. The highest BCUT2D eigenvalue weighted by Gasteiger charge is 2.60. The minimum Gasteiger partial charge on any atom is -0.251 e. The van der Waals surface area contributed by atoms with Crippen molar-refractivity contribution < 1.29 is 20.3 Å². The summed E-state index contributed by atoms with van der Waals surface area (Å²) in [6.07, 6.45) is 5.74. The van der Waals surface area contributed by atoms with Crippen LogP contribution in [0.2, 0.25) is 5.21 Å². The molecule has 1 unspecified atom stereocenters. The first-order chi connectivity index (χ1) is 13.9. The maximum Gasteiger partial charge on any atom is 0.103 e. The molecule has 0 saturated carbocycles. The van der Waals surface area contributed by atoms with Crippen molar-refractivity contribution in [2.45, 2.75) is 137 Å². The molecule has 0 aliphatic heterocycles. The molecule has 0 aliphatic rings. The molecule has 0 heterocycles. The van der Waals surface area contributed by atoms with Gasteiger partial charge in [0.2, 0.25) is 0 Å². The van der Waals surface area contributed by atoms with Gasteiger partial charge in [-0.05, 0) is 55.8 Å². The molecule has 174 valence electrons. The Morgan fingerprint density at radius 1 is 0.700 bits per heavy atom. The Morgan fingerprint density at radius 3 is 1.37 bits per heavy atom. The lowest BCUT2D eigenvalue weighted by Crippen LogP contribution is -2.60. The van der Waals surface area contributed by atoms with E-state index in [4.69, 9.17) is 25.5 Å². The van der Waals surface area contributed by atoms with Crippen molar-refractivity contribution in [1.29, 1.82) is 0 Å². The summed E-state index contributed by atoms with van der Waals surface area (Å²) in [4.78, 5) is 10.5. The minimum atomic E-state index is -1.07. The molecule has 4 radical (unpaired) electrons. The van der Waals surface area contributed by atoms with Gasteiger partial charge >= 0.3 is 0 Å². The Labute approximate surface area is 189 Å². The summed E-state index contributed by atoms with van der Waals surface area (Å²) in [6, 6.07) is 0. The quantitative estimate of drug-likeness (QED) is 0.157. The van der Waals surface area contributed by atoms with Crippen molar-refractivity contribution in [2.24, 2.45) is 16.2 Å². The normalized spacial score (nSPS) is 15.4. The molecule has 0 fully saturated rings. The summed E-state index contributed by atoms with van der Waals surface area (Å²) in [5.41, 5.74) is -2.18. The zero-order valence-corrected chi connectivity index (χ0v) is 21.3. The smallest absolute Gasteiger partial charge is 0.103 e. The van der Waals surface area contributed by atoms with Crippen LogP contribution in [0.3, 0.4) is 0 Å². The van der Waals surface area contributed by atoms with Gasteiger partial charge in [0.25, 0.3) is 0 Å². The zero-order chi connectivity index (χ0) is 23.9. The van der Waals surface area contributed by atoms with Crippen molar-refractivity contribution in [3.63, 3.8) is 0 Å². The lowest BCUT2D eigenvalue weighted by atomic mass is 9.29. The van der Waals surface area contributed by atoms with Crippen molar-refractivity contribution >= 4 is 15.7 Å². The fourth-order valence-electron chi connectivity index (χ4n) is 5.92. The van der Waals surface area contributed by atoms with Gasteiger partial charge in [-0.25, -0.2) is 9.78 Å². The molecule has 0 amide bonds. The molecule has 0 saturated heterocycles. The van der Waals surface area contributed by atoms with Crippen LogP contribution in [-0.2, 0) is 9.78 Å². The van der Waals surface area contributed by atoms with Crippen molar-refractivity contribution in [3.8, 4) is 0 Å². The fourth-order valence-corrected chi connectivity index (χ4v) is 5.92. The van der Waals surface area contributed by atoms with E-state index in [1.54, 1.807) is 0 Å². The highest BCUT2D eigenvalue weighted by molar-refractivity contribution is 6.41. The molecule has 4 nitrogen and oxygen atoms in total. The third kappa shape index (κ3) is 4.82. The van der Waals surface area contributed by atoms with E-state index in [0.29, 0.717) is 32.1 Å². The first-order valence-electron chi connectivity index (χ1n) is 12.2. The minimum absolute atomic E-state index is 0.330. The van der Waals surface area contributed by atoms with E-state index in [0.717, 1.165) is 25.7 Å². The summed E-state index contributed by atoms with van der Waals surface area (Å²) in [5, 5.41) is 19.1. The largest absolute Gasteiger partial charge is 0.251 e. The van der Waals surface area contributed by atoms with Gasteiger partial charge in [0.15, 0.2) is 0 Å². The average Bonchev–Trinajstić information content (AvgIpc) is 2.78. The Bertz CT molecular complexity index is 471. The topological polar surface area (TPSA) is 58.9 Å². The second kappa shape index (κ2) is 11.7. The van der Waals surface area contributed by atoms with Crippen molar-refractivity contribution in [1.82, 2.24) is 0 Å². The van der Waals surface area contributed by atoms with Crippen LogP contribution in [0.4, 0.5) is 0 Å². The van der Waals surface area contributed by atoms with E-state index in [9.17, 15) is 10.5 Å². The third-order valence-electron chi connectivity index (χ3n) is 9.37. The van der Waals surface area contributed by atoms with E-state index < -0.39 is 27.7 Å². The third-order valence-corrected chi connectivity index (χ3v) is 9.37. The second-order valence-electron chi connectivity index (χ2n) is 9.71. The van der Waals surface area contributed by atoms with Gasteiger partial charge in [0, 0.05) is 5.41 Å². The number of hydrogen-bond acceptors (Lipinski definition) is 4. The first-order valence-corrected chi connectivity index (χ1v) is 12.2. The summed E-state index contributed by atoms with van der Waals surface area (Å²) >= 11 is 0. The molecule has 6 heteroatoms. The maximum atomic E-state index is 10.4. The second-order valence-corrected chi connectivity index (χ2v) is 9.71. The van der Waals surface area contributed by atoms with Gasteiger partial charge in [0.1, 0.15) is 11.7 Å². The van der Waals surface area contributed by atoms with Crippen LogP contribution < -0.4 is 0 Å². The predicted octanol–water partition coefficient (Wildman–Crippen LogP) is 7.18. The summed E-state index contributed by atoms with van der Waals surface area (Å²) in [6.45, 7) is 18.8. The van der Waals surface area contributed by atoms with E-state index in [1.165, 1.54) is 0 Å². The Morgan fingerprint density at radius 2 is 1.13 bits per heavy atom. The Kier molecular flexibility index (Phi) is 11.7. The monoisotopic (exact) mass is 422 g/mol. The van der Waals surface area contributed by atoms with Gasteiger partial charge in [-0.2, -0.15) is 0 Å². The fraction of sp³-hybridized carbons (Fsp3) is 1.00. The van der Waals surface area contributed by atoms with Crippen LogP contribution in [-0.4, -0.2) is 37.9 Å². The van der Waals surface area contributed by atoms with Crippen LogP contribution in [0.25, 0.3) is 0 Å². The van der Waals surface area contributed by atoms with Crippen LogP contribution in [0.5, 0.6) is 0 Å². The molecule has 0 aromatic rings. The lowest BCUT2D eigenvalue weighted by Gasteiger charge is -2.63. The molecule has 0 aromatic carbocycles. The molecule has 2 N–H and O–H groups in total. The molecule has 0 aliphatic carbocycles. The molecule has 30 heavy (non-hydrogen) atoms. The molecule has 0 rings (SSSR count). The number of rotatable bonds is 16. The van der Waals surface area contributed by atoms with E-state index >= 15 is 0 Å². The maximum absolute atomic E-state index is 10.4. The molecular formula is C24H48B2O4. The van der Waals surface area contributed by atoms with Gasteiger partial charge in [-0.1, -0.05) is 80.4 Å². The van der Waals surface area contributed by atoms with E-state index in [2.05, 4.69) is 48.5 Å². The lowest BCUT2D eigenvalue weighted by molar-refractivity contribution is -0.363. The van der Waals surface area contributed by atoms with Crippen molar-refractivity contribution in [3.05, 3.63) is 0 Å². The highest BCUT2D eigenvalue weighted by atomic mass is 17.1. The standard InChI is InChI=1S/C24H48B2O4/c1-10-20(9,11-2)24(25,26)23(16-7,17-8)19(29-27)21(12-3,13-4)18-22(14-5,15-6)30-28/h19,27-28H,10-18H2,1-9H3. The zero-order valence-electron chi connectivity index (χ0n) is 21.3. The Balaban J connectivity index is 6.89.